The van der Waals surface area contributed by atoms with Crippen LogP contribution in [0.25, 0.3) is 10.8 Å². The first-order valence-corrected chi connectivity index (χ1v) is 10.9. The van der Waals surface area contributed by atoms with Gasteiger partial charge in [0, 0.05) is 26.1 Å². The number of benzene rings is 3. The number of amides is 1. The van der Waals surface area contributed by atoms with Gasteiger partial charge < -0.3 is 4.90 Å². The maximum absolute atomic E-state index is 12.6. The lowest BCUT2D eigenvalue weighted by Gasteiger charge is -2.21. The summed E-state index contributed by atoms with van der Waals surface area (Å²) in [6, 6.07) is 22.2. The van der Waals surface area contributed by atoms with E-state index in [9.17, 15) is 13.2 Å². The summed E-state index contributed by atoms with van der Waals surface area (Å²) in [5, 5.41) is 1.83. The largest absolute Gasteiger partial charge is 0.335 e. The van der Waals surface area contributed by atoms with Crippen LogP contribution in [0.3, 0.4) is 0 Å². The van der Waals surface area contributed by atoms with Crippen molar-refractivity contribution in [3.05, 3.63) is 91.0 Å². The molecule has 0 aliphatic carbocycles. The van der Waals surface area contributed by atoms with Crippen LogP contribution >= 0.6 is 0 Å². The Bertz CT molecular complexity index is 1100. The molecule has 0 unspecified atom stereocenters. The number of sulfonamides is 1. The highest BCUT2D eigenvalue weighted by atomic mass is 32.2. The number of carbonyl (C=O) groups is 1. The van der Waals surface area contributed by atoms with Crippen LogP contribution in [0.2, 0.25) is 0 Å². The first-order valence-electron chi connectivity index (χ1n) is 9.40. The normalized spacial score (nSPS) is 11.3. The van der Waals surface area contributed by atoms with Crippen molar-refractivity contribution in [2.24, 2.45) is 0 Å². The van der Waals surface area contributed by atoms with Crippen LogP contribution in [-0.4, -0.2) is 32.3 Å². The summed E-state index contributed by atoms with van der Waals surface area (Å²) < 4.78 is 27.7. The zero-order valence-corrected chi connectivity index (χ0v) is 16.9. The summed E-state index contributed by atoms with van der Waals surface area (Å²) >= 11 is 0. The fourth-order valence-corrected chi connectivity index (χ4v) is 4.15. The van der Waals surface area contributed by atoms with E-state index in [1.807, 2.05) is 54.6 Å². The van der Waals surface area contributed by atoms with Gasteiger partial charge in [-0.2, -0.15) is 0 Å². The molecule has 0 radical (unpaired) electrons. The Morgan fingerprint density at radius 2 is 1.66 bits per heavy atom. The molecule has 5 nitrogen and oxygen atoms in total. The van der Waals surface area contributed by atoms with Gasteiger partial charge in [0.25, 0.3) is 0 Å². The van der Waals surface area contributed by atoms with Crippen molar-refractivity contribution in [1.82, 2.24) is 9.62 Å². The molecule has 0 spiro atoms. The van der Waals surface area contributed by atoms with Crippen molar-refractivity contribution in [2.75, 3.05) is 13.1 Å². The Morgan fingerprint density at radius 3 is 2.38 bits per heavy atom. The number of nitrogens with one attached hydrogen (secondary N) is 1. The molecule has 29 heavy (non-hydrogen) atoms. The quantitative estimate of drug-likeness (QED) is 0.549. The van der Waals surface area contributed by atoms with Crippen LogP contribution in [0.5, 0.6) is 0 Å². The van der Waals surface area contributed by atoms with Crippen LogP contribution < -0.4 is 4.72 Å². The maximum atomic E-state index is 12.6. The highest BCUT2D eigenvalue weighted by Gasteiger charge is 2.17. The van der Waals surface area contributed by atoms with E-state index in [1.165, 1.54) is 0 Å². The van der Waals surface area contributed by atoms with E-state index in [4.69, 9.17) is 0 Å². The van der Waals surface area contributed by atoms with Gasteiger partial charge in [-0.25, -0.2) is 13.1 Å². The summed E-state index contributed by atoms with van der Waals surface area (Å²) in [6.45, 7) is 4.61. The average molecular weight is 409 g/mol. The van der Waals surface area contributed by atoms with Crippen molar-refractivity contribution in [1.29, 1.82) is 0 Å². The lowest BCUT2D eigenvalue weighted by Crippen LogP contribution is -2.34. The molecule has 1 N–H and O–H groups in total. The highest BCUT2D eigenvalue weighted by molar-refractivity contribution is 7.89. The van der Waals surface area contributed by atoms with Gasteiger partial charge in [-0.05, 0) is 28.5 Å². The van der Waals surface area contributed by atoms with E-state index in [2.05, 4.69) is 11.3 Å². The third-order valence-electron chi connectivity index (χ3n) is 4.58. The molecule has 150 valence electrons. The van der Waals surface area contributed by atoms with Gasteiger partial charge in [-0.1, -0.05) is 66.7 Å². The fourth-order valence-electron chi connectivity index (χ4n) is 3.08. The van der Waals surface area contributed by atoms with Crippen molar-refractivity contribution in [3.8, 4) is 0 Å². The van der Waals surface area contributed by atoms with E-state index in [0.29, 0.717) is 13.1 Å². The summed E-state index contributed by atoms with van der Waals surface area (Å²) in [5.74, 6) is -0.130. The number of hydrogen-bond donors (Lipinski definition) is 1. The van der Waals surface area contributed by atoms with Gasteiger partial charge in [-0.15, -0.1) is 6.58 Å². The second kappa shape index (κ2) is 9.49. The number of nitrogens with zero attached hydrogens (tertiary/aromatic N) is 1. The van der Waals surface area contributed by atoms with Crippen molar-refractivity contribution in [2.45, 2.75) is 17.9 Å². The molecular weight excluding hydrogens is 384 g/mol. The number of carbonyl (C=O) groups excluding carboxylic acids is 1. The molecule has 3 rings (SSSR count). The van der Waals surface area contributed by atoms with Crippen LogP contribution in [-0.2, 0) is 21.4 Å². The van der Waals surface area contributed by atoms with Crippen LogP contribution in [0, 0.1) is 0 Å². The first-order chi connectivity index (χ1) is 14.0. The summed E-state index contributed by atoms with van der Waals surface area (Å²) in [4.78, 5) is 14.4. The minimum Gasteiger partial charge on any atom is -0.335 e. The van der Waals surface area contributed by atoms with Gasteiger partial charge in [-0.3, -0.25) is 4.79 Å². The summed E-state index contributed by atoms with van der Waals surface area (Å²) in [7, 11) is -3.69. The van der Waals surface area contributed by atoms with Gasteiger partial charge in [0.2, 0.25) is 15.9 Å². The zero-order chi connectivity index (χ0) is 20.7. The zero-order valence-electron chi connectivity index (χ0n) is 16.1. The predicted octanol–water partition coefficient (Wildman–Crippen LogP) is 3.72. The van der Waals surface area contributed by atoms with E-state index in [1.54, 1.807) is 29.2 Å². The molecule has 6 heteroatoms. The molecule has 3 aromatic carbocycles. The highest BCUT2D eigenvalue weighted by Crippen LogP contribution is 2.18. The monoisotopic (exact) mass is 408 g/mol. The molecule has 0 aromatic heterocycles. The van der Waals surface area contributed by atoms with Gasteiger partial charge >= 0.3 is 0 Å². The third kappa shape index (κ3) is 5.53. The average Bonchev–Trinajstić information content (AvgIpc) is 2.73. The van der Waals surface area contributed by atoms with Crippen molar-refractivity contribution >= 4 is 26.7 Å². The molecule has 3 aromatic rings. The Labute approximate surface area is 171 Å². The van der Waals surface area contributed by atoms with Crippen LogP contribution in [0.1, 0.15) is 12.0 Å². The molecule has 0 atom stereocenters. The van der Waals surface area contributed by atoms with Gasteiger partial charge in [0.05, 0.1) is 4.90 Å². The number of fused-ring (bicyclic) bond motifs is 1. The minimum atomic E-state index is -3.69. The Balaban J connectivity index is 1.61. The molecule has 0 bridgehead atoms. The van der Waals surface area contributed by atoms with Crippen LogP contribution in [0.15, 0.2) is 90.3 Å². The maximum Gasteiger partial charge on any atom is 0.240 e. The lowest BCUT2D eigenvalue weighted by atomic mass is 10.1. The lowest BCUT2D eigenvalue weighted by molar-refractivity contribution is -0.131. The van der Waals surface area contributed by atoms with E-state index >= 15 is 0 Å². The Hall–Kier alpha value is -2.96. The van der Waals surface area contributed by atoms with E-state index in [-0.39, 0.29) is 23.8 Å². The van der Waals surface area contributed by atoms with E-state index in [0.717, 1.165) is 16.3 Å². The van der Waals surface area contributed by atoms with Gasteiger partial charge in [0.15, 0.2) is 0 Å². The Morgan fingerprint density at radius 1 is 0.966 bits per heavy atom. The van der Waals surface area contributed by atoms with Crippen molar-refractivity contribution < 1.29 is 13.2 Å². The molecular formula is C23H24N2O3S. The predicted molar refractivity (Wildman–Crippen MR) is 116 cm³/mol. The van der Waals surface area contributed by atoms with Gasteiger partial charge in [0.1, 0.15) is 0 Å². The molecule has 0 fully saturated rings. The van der Waals surface area contributed by atoms with E-state index < -0.39 is 10.0 Å². The summed E-state index contributed by atoms with van der Waals surface area (Å²) in [5.41, 5.74) is 1.01. The summed E-state index contributed by atoms with van der Waals surface area (Å²) in [6.07, 6.45) is 1.74. The SMILES string of the molecule is C=CCN(Cc1ccccc1)C(=O)CCNS(=O)(=O)c1ccc2ccccc2c1. The third-order valence-corrected chi connectivity index (χ3v) is 6.04. The minimum absolute atomic E-state index is 0.0381. The molecule has 0 aliphatic rings. The molecule has 0 saturated heterocycles. The topological polar surface area (TPSA) is 66.5 Å². The van der Waals surface area contributed by atoms with Crippen molar-refractivity contribution in [3.63, 3.8) is 0 Å². The molecule has 0 heterocycles. The second-order valence-corrected chi connectivity index (χ2v) is 8.47. The second-order valence-electron chi connectivity index (χ2n) is 6.71. The number of rotatable bonds is 9. The number of hydrogen-bond acceptors (Lipinski definition) is 3. The molecule has 1 amide bonds. The first kappa shape index (κ1) is 20.8. The smallest absolute Gasteiger partial charge is 0.240 e. The standard InChI is InChI=1S/C23H24N2O3S/c1-2-16-25(18-19-8-4-3-5-9-19)23(26)14-15-24-29(27,28)22-13-12-20-10-6-7-11-21(20)17-22/h2-13,17,24H,1,14-16,18H2. The van der Waals surface area contributed by atoms with Crippen LogP contribution in [0.4, 0.5) is 0 Å². The fraction of sp³-hybridized carbons (Fsp3) is 0.174. The Kier molecular flexibility index (Phi) is 6.80. The molecule has 0 saturated carbocycles. The molecule has 0 aliphatic heterocycles.